The van der Waals surface area contributed by atoms with Crippen LogP contribution in [-0.4, -0.2) is 32.8 Å². The van der Waals surface area contributed by atoms with Gasteiger partial charge in [-0.3, -0.25) is 30.0 Å². The van der Waals surface area contributed by atoms with Crippen molar-refractivity contribution in [3.05, 3.63) is 81.9 Å². The highest BCUT2D eigenvalue weighted by molar-refractivity contribution is 6.05. The first-order valence-electron chi connectivity index (χ1n) is 9.58. The smallest absolute Gasteiger partial charge is 0.290 e. The lowest BCUT2D eigenvalue weighted by atomic mass is 9.93. The van der Waals surface area contributed by atoms with E-state index in [0.29, 0.717) is 10.8 Å². The van der Waals surface area contributed by atoms with Gasteiger partial charge in [-0.2, -0.15) is 5.10 Å². The maximum Gasteiger partial charge on any atom is 0.290 e. The number of H-pyrrole nitrogens is 1. The summed E-state index contributed by atoms with van der Waals surface area (Å²) in [6.07, 6.45) is 3.42. The average Bonchev–Trinajstić information content (AvgIpc) is 2.78. The zero-order valence-corrected chi connectivity index (χ0v) is 16.6. The van der Waals surface area contributed by atoms with E-state index in [1.807, 2.05) is 30.3 Å². The Hall–Kier alpha value is -4.27. The zero-order valence-electron chi connectivity index (χ0n) is 16.6. The quantitative estimate of drug-likeness (QED) is 0.559. The van der Waals surface area contributed by atoms with Gasteiger partial charge in [0.2, 0.25) is 11.8 Å². The third-order valence-corrected chi connectivity index (χ3v) is 5.07. The molecule has 9 nitrogen and oxygen atoms in total. The number of nitrogens with zero attached hydrogens (tertiary/aromatic N) is 2. The van der Waals surface area contributed by atoms with Gasteiger partial charge in [-0.05, 0) is 23.3 Å². The fourth-order valence-electron chi connectivity index (χ4n) is 3.61. The number of carbonyl (C=O) groups is 3. The van der Waals surface area contributed by atoms with Crippen LogP contribution in [0.1, 0.15) is 41.0 Å². The predicted molar refractivity (Wildman–Crippen MR) is 113 cm³/mol. The van der Waals surface area contributed by atoms with Crippen LogP contribution in [0.4, 0.5) is 0 Å². The van der Waals surface area contributed by atoms with Gasteiger partial charge >= 0.3 is 0 Å². The Morgan fingerprint density at radius 2 is 1.74 bits per heavy atom. The minimum absolute atomic E-state index is 0.0215. The molecule has 4 rings (SSSR count). The number of fused-ring (bicyclic) bond motifs is 2. The maximum absolute atomic E-state index is 12.6. The van der Waals surface area contributed by atoms with Crippen LogP contribution in [0.5, 0.6) is 0 Å². The highest BCUT2D eigenvalue weighted by atomic mass is 16.2. The van der Waals surface area contributed by atoms with Crippen molar-refractivity contribution >= 4 is 34.6 Å². The first-order chi connectivity index (χ1) is 15.0. The number of benzene rings is 2. The molecule has 2 aromatic carbocycles. The fourth-order valence-corrected chi connectivity index (χ4v) is 3.61. The van der Waals surface area contributed by atoms with Crippen LogP contribution in [0, 0.1) is 0 Å². The Balaban J connectivity index is 1.49. The molecule has 0 fully saturated rings. The molecule has 1 aliphatic heterocycles. The summed E-state index contributed by atoms with van der Waals surface area (Å²) in [4.78, 5) is 50.5. The fraction of sp³-hybridized carbons (Fsp3) is 0.136. The molecule has 1 aliphatic rings. The van der Waals surface area contributed by atoms with E-state index in [1.54, 1.807) is 30.5 Å². The van der Waals surface area contributed by atoms with Crippen molar-refractivity contribution < 1.29 is 14.4 Å². The zero-order chi connectivity index (χ0) is 22.0. The van der Waals surface area contributed by atoms with Crippen LogP contribution >= 0.6 is 0 Å². The van der Waals surface area contributed by atoms with Gasteiger partial charge in [-0.15, -0.1) is 0 Å². The molecule has 0 spiro atoms. The van der Waals surface area contributed by atoms with Crippen molar-refractivity contribution in [2.45, 2.75) is 19.4 Å². The van der Waals surface area contributed by atoms with E-state index in [9.17, 15) is 19.2 Å². The molecule has 31 heavy (non-hydrogen) atoms. The first kappa shape index (κ1) is 20.0. The molecule has 3 aromatic rings. The summed E-state index contributed by atoms with van der Waals surface area (Å²) in [7, 11) is 0. The van der Waals surface area contributed by atoms with Gasteiger partial charge < -0.3 is 4.90 Å². The number of hydrazine groups is 1. The number of aromatic nitrogens is 2. The number of hydrogen-bond donors (Lipinski definition) is 3. The first-order valence-corrected chi connectivity index (χ1v) is 9.58. The topological polar surface area (TPSA) is 124 Å². The highest BCUT2D eigenvalue weighted by Crippen LogP contribution is 2.32. The van der Waals surface area contributed by atoms with Gasteiger partial charge in [0, 0.05) is 18.5 Å². The van der Waals surface area contributed by atoms with Crippen LogP contribution < -0.4 is 16.4 Å². The van der Waals surface area contributed by atoms with Crippen LogP contribution in [0.25, 0.3) is 16.8 Å². The van der Waals surface area contributed by atoms with Crippen molar-refractivity contribution in [1.29, 1.82) is 0 Å². The summed E-state index contributed by atoms with van der Waals surface area (Å²) >= 11 is 0. The van der Waals surface area contributed by atoms with E-state index in [0.717, 1.165) is 11.1 Å². The van der Waals surface area contributed by atoms with E-state index >= 15 is 0 Å². The molecule has 1 atom stereocenters. The molecule has 3 amide bonds. The molecule has 1 aromatic heterocycles. The molecule has 0 bridgehead atoms. The van der Waals surface area contributed by atoms with Gasteiger partial charge in [0.1, 0.15) is 0 Å². The predicted octanol–water partition coefficient (Wildman–Crippen LogP) is 1.65. The second-order valence-electron chi connectivity index (χ2n) is 7.04. The number of carbonyl (C=O) groups excluding carboxylic acids is 3. The van der Waals surface area contributed by atoms with Crippen molar-refractivity contribution in [1.82, 2.24) is 25.9 Å². The van der Waals surface area contributed by atoms with E-state index < -0.39 is 23.4 Å². The van der Waals surface area contributed by atoms with Gasteiger partial charge in [-0.25, -0.2) is 5.10 Å². The Kier molecular flexibility index (Phi) is 5.31. The van der Waals surface area contributed by atoms with Gasteiger partial charge in [0.05, 0.1) is 17.8 Å². The molecule has 0 saturated heterocycles. The third kappa shape index (κ3) is 3.93. The number of amides is 3. The minimum atomic E-state index is -0.673. The molecule has 9 heteroatoms. The number of hydrogen-bond acceptors (Lipinski definition) is 5. The van der Waals surface area contributed by atoms with E-state index in [4.69, 9.17) is 0 Å². The van der Waals surface area contributed by atoms with Gasteiger partial charge in [0.25, 0.3) is 11.5 Å². The van der Waals surface area contributed by atoms with Gasteiger partial charge in [0.15, 0.2) is 5.69 Å². The number of rotatable bonds is 3. The van der Waals surface area contributed by atoms with Crippen molar-refractivity contribution in [2.24, 2.45) is 0 Å². The second kappa shape index (κ2) is 8.23. The molecule has 2 heterocycles. The van der Waals surface area contributed by atoms with Crippen molar-refractivity contribution in [2.75, 3.05) is 0 Å². The number of aromatic amines is 1. The highest BCUT2D eigenvalue weighted by Gasteiger charge is 2.28. The monoisotopic (exact) mass is 417 g/mol. The summed E-state index contributed by atoms with van der Waals surface area (Å²) in [5.74, 6) is -1.35. The molecule has 0 radical (unpaired) electrons. The van der Waals surface area contributed by atoms with E-state index in [1.165, 1.54) is 11.8 Å². The van der Waals surface area contributed by atoms with E-state index in [-0.39, 0.29) is 18.0 Å². The lowest BCUT2D eigenvalue weighted by Crippen LogP contribution is -2.44. The Labute approximate surface area is 176 Å². The lowest BCUT2D eigenvalue weighted by molar-refractivity contribution is -0.130. The van der Waals surface area contributed by atoms with Crippen LogP contribution in [0.15, 0.2) is 59.5 Å². The van der Waals surface area contributed by atoms with Gasteiger partial charge in [-0.1, -0.05) is 42.5 Å². The normalized spacial score (nSPS) is 14.7. The summed E-state index contributed by atoms with van der Waals surface area (Å²) in [6, 6.07) is 13.5. The second-order valence-corrected chi connectivity index (χ2v) is 7.04. The van der Waals surface area contributed by atoms with Crippen LogP contribution in [-0.2, 0) is 9.59 Å². The molecule has 0 aliphatic carbocycles. The third-order valence-electron chi connectivity index (χ3n) is 5.07. The number of nitrogens with one attached hydrogen (secondary N) is 3. The Morgan fingerprint density at radius 3 is 2.52 bits per heavy atom. The average molecular weight is 417 g/mol. The summed E-state index contributed by atoms with van der Waals surface area (Å²) < 4.78 is 0. The van der Waals surface area contributed by atoms with E-state index in [2.05, 4.69) is 21.0 Å². The van der Waals surface area contributed by atoms with Crippen LogP contribution in [0.2, 0.25) is 0 Å². The van der Waals surface area contributed by atoms with Crippen LogP contribution in [0.3, 0.4) is 0 Å². The maximum atomic E-state index is 12.6. The van der Waals surface area contributed by atoms with Crippen molar-refractivity contribution in [3.63, 3.8) is 0 Å². The molecule has 156 valence electrons. The van der Waals surface area contributed by atoms with Crippen molar-refractivity contribution in [3.8, 4) is 0 Å². The Morgan fingerprint density at radius 1 is 1.03 bits per heavy atom. The molecular formula is C22H19N5O4. The molecule has 3 N–H and O–H groups in total. The minimum Gasteiger partial charge on any atom is -0.311 e. The standard InChI is InChI=1S/C22H19N5O4/c1-13(28)27-11-10-14-6-2-3-7-15(14)18(27)12-19(29)23-26-22(31)20-16-8-4-5-9-17(16)21(30)25-24-20/h2-11,18H,12H2,1H3,(H,23,29)(H,25,30)(H,26,31)/t18-/m0/s1. The molecule has 0 unspecified atom stereocenters. The summed E-state index contributed by atoms with van der Waals surface area (Å²) in [5, 5.41) is 6.76. The Bertz CT molecular complexity index is 1280. The summed E-state index contributed by atoms with van der Waals surface area (Å²) in [6.45, 7) is 1.43. The summed E-state index contributed by atoms with van der Waals surface area (Å²) in [5.41, 5.74) is 6.02. The lowest BCUT2D eigenvalue weighted by Gasteiger charge is -2.32. The SMILES string of the molecule is CC(=O)N1C=Cc2ccccc2[C@@H]1CC(=O)NNC(=O)c1n[nH]c(=O)c2ccccc12. The molecular weight excluding hydrogens is 398 g/mol. The molecule has 0 saturated carbocycles. The largest absolute Gasteiger partial charge is 0.311 e.